The van der Waals surface area contributed by atoms with Gasteiger partial charge < -0.3 is 0 Å². The first-order valence-electron chi connectivity index (χ1n) is 6.38. The summed E-state index contributed by atoms with van der Waals surface area (Å²) < 4.78 is 12.3. The molecule has 0 aliphatic rings. The topological polar surface area (TPSA) is 30.0 Å². The monoisotopic (exact) mass is 387 g/mol. The molecule has 1 atom stereocenters. The molecule has 114 valence electrons. The molecule has 0 spiro atoms. The zero-order valence-electron chi connectivity index (χ0n) is 11.3. The zero-order chi connectivity index (χ0) is 15.5. The quantitative estimate of drug-likeness (QED) is 0.567. The summed E-state index contributed by atoms with van der Waals surface area (Å²) in [5, 5.41) is 8.11. The van der Waals surface area contributed by atoms with E-state index in [-0.39, 0.29) is 0 Å². The highest BCUT2D eigenvalue weighted by atomic mass is 35.5. The summed E-state index contributed by atoms with van der Waals surface area (Å²) in [4.78, 5) is 4.55. The second-order valence-corrected chi connectivity index (χ2v) is 8.49. The third-order valence-electron chi connectivity index (χ3n) is 3.00. The Hall–Kier alpha value is -0.720. The molecule has 0 amide bonds. The zero-order valence-corrected chi connectivity index (χ0v) is 15.3. The lowest BCUT2D eigenvalue weighted by molar-refractivity contribution is 0.681. The number of thiazole rings is 1. The minimum atomic E-state index is -1.10. The summed E-state index contributed by atoms with van der Waals surface area (Å²) >= 11 is 15.4. The number of benzene rings is 1. The van der Waals surface area contributed by atoms with Gasteiger partial charge in [0.05, 0.1) is 17.2 Å². The molecule has 1 aromatic carbocycles. The van der Waals surface area contributed by atoms with Crippen LogP contribution in [-0.2, 0) is 22.3 Å². The molecule has 2 nitrogen and oxygen atoms in total. The predicted octanol–water partition coefficient (Wildman–Crippen LogP) is 5.63. The molecule has 3 aromatic rings. The highest BCUT2D eigenvalue weighted by Crippen LogP contribution is 2.28. The van der Waals surface area contributed by atoms with Crippen molar-refractivity contribution in [3.05, 3.63) is 61.7 Å². The summed E-state index contributed by atoms with van der Waals surface area (Å²) in [6.45, 7) is 0. The SMILES string of the molecule is O=S(Cc1csc(-c2ccsc2)n1)Cc1c(Cl)cccc1Cl. The minimum Gasteiger partial charge on any atom is -0.259 e. The van der Waals surface area contributed by atoms with Gasteiger partial charge in [0.2, 0.25) is 0 Å². The van der Waals surface area contributed by atoms with Crippen molar-refractivity contribution in [2.75, 3.05) is 0 Å². The van der Waals surface area contributed by atoms with Gasteiger partial charge in [0, 0.05) is 42.7 Å². The van der Waals surface area contributed by atoms with Gasteiger partial charge in [-0.15, -0.1) is 11.3 Å². The lowest BCUT2D eigenvalue weighted by Crippen LogP contribution is -2.01. The number of thiophene rings is 1. The van der Waals surface area contributed by atoms with E-state index in [1.165, 1.54) is 0 Å². The first kappa shape index (κ1) is 16.1. The Balaban J connectivity index is 1.70. The highest BCUT2D eigenvalue weighted by Gasteiger charge is 2.12. The second kappa shape index (κ2) is 7.23. The van der Waals surface area contributed by atoms with Crippen LogP contribution in [-0.4, -0.2) is 9.19 Å². The molecular weight excluding hydrogens is 377 g/mol. The van der Waals surface area contributed by atoms with Gasteiger partial charge in [0.1, 0.15) is 5.01 Å². The van der Waals surface area contributed by atoms with Gasteiger partial charge in [-0.2, -0.15) is 11.3 Å². The second-order valence-electron chi connectivity index (χ2n) is 4.58. The molecule has 2 aromatic heterocycles. The van der Waals surface area contributed by atoms with Crippen LogP contribution in [0.4, 0.5) is 0 Å². The Labute approximate surface area is 149 Å². The standard InChI is InChI=1S/C15H11Cl2NOS3/c16-13-2-1-3-14(17)12(13)9-22(19)8-11-7-21-15(18-11)10-4-5-20-6-10/h1-7H,8-9H2. The molecule has 0 aliphatic heterocycles. The van der Waals surface area contributed by atoms with E-state index in [9.17, 15) is 4.21 Å². The molecular formula is C15H11Cl2NOS3. The number of nitrogens with zero attached hydrogens (tertiary/aromatic N) is 1. The smallest absolute Gasteiger partial charge is 0.124 e. The summed E-state index contributed by atoms with van der Waals surface area (Å²) in [7, 11) is -1.10. The van der Waals surface area contributed by atoms with Crippen LogP contribution in [0.2, 0.25) is 10.0 Å². The fourth-order valence-electron chi connectivity index (χ4n) is 1.94. The van der Waals surface area contributed by atoms with Crippen molar-refractivity contribution >= 4 is 56.7 Å². The maximum Gasteiger partial charge on any atom is 0.124 e. The Morgan fingerprint density at radius 2 is 1.86 bits per heavy atom. The maximum absolute atomic E-state index is 12.3. The average Bonchev–Trinajstić information content (AvgIpc) is 3.13. The molecule has 3 rings (SSSR count). The molecule has 0 N–H and O–H groups in total. The van der Waals surface area contributed by atoms with Crippen molar-refractivity contribution in [3.8, 4) is 10.6 Å². The Morgan fingerprint density at radius 1 is 1.09 bits per heavy atom. The van der Waals surface area contributed by atoms with E-state index in [1.807, 2.05) is 16.8 Å². The molecule has 0 radical (unpaired) electrons. The largest absolute Gasteiger partial charge is 0.259 e. The van der Waals surface area contributed by atoms with Crippen molar-refractivity contribution in [2.24, 2.45) is 0 Å². The summed E-state index contributed by atoms with van der Waals surface area (Å²) in [6, 6.07) is 7.34. The van der Waals surface area contributed by atoms with Crippen LogP contribution in [0.3, 0.4) is 0 Å². The fraction of sp³-hybridized carbons (Fsp3) is 0.133. The van der Waals surface area contributed by atoms with E-state index in [0.29, 0.717) is 21.6 Å². The van der Waals surface area contributed by atoms with Crippen LogP contribution in [0.15, 0.2) is 40.4 Å². The molecule has 1 unspecified atom stereocenters. The van der Waals surface area contributed by atoms with Crippen LogP contribution >= 0.6 is 45.9 Å². The average molecular weight is 388 g/mol. The summed E-state index contributed by atoms with van der Waals surface area (Å²) in [6.07, 6.45) is 0. The van der Waals surface area contributed by atoms with Crippen LogP contribution in [0, 0.1) is 0 Å². The van der Waals surface area contributed by atoms with E-state index < -0.39 is 10.8 Å². The van der Waals surface area contributed by atoms with Gasteiger partial charge in [-0.3, -0.25) is 4.21 Å². The summed E-state index contributed by atoms with van der Waals surface area (Å²) in [5.74, 6) is 0.742. The number of hydrogen-bond acceptors (Lipinski definition) is 4. The molecule has 0 saturated heterocycles. The van der Waals surface area contributed by atoms with Crippen molar-refractivity contribution in [1.29, 1.82) is 0 Å². The number of aromatic nitrogens is 1. The van der Waals surface area contributed by atoms with Crippen LogP contribution in [0.25, 0.3) is 10.6 Å². The van der Waals surface area contributed by atoms with E-state index in [0.717, 1.165) is 21.8 Å². The first-order valence-corrected chi connectivity index (χ1v) is 10.4. The number of rotatable bonds is 5. The van der Waals surface area contributed by atoms with Gasteiger partial charge in [-0.1, -0.05) is 29.3 Å². The normalized spacial score (nSPS) is 12.5. The van der Waals surface area contributed by atoms with Crippen molar-refractivity contribution in [2.45, 2.75) is 11.5 Å². The van der Waals surface area contributed by atoms with Crippen molar-refractivity contribution < 1.29 is 4.21 Å². The summed E-state index contributed by atoms with van der Waals surface area (Å²) in [5.41, 5.74) is 2.69. The third kappa shape index (κ3) is 3.78. The number of halogens is 2. The van der Waals surface area contributed by atoms with E-state index >= 15 is 0 Å². The van der Waals surface area contributed by atoms with Gasteiger partial charge in [0.25, 0.3) is 0 Å². The van der Waals surface area contributed by atoms with Gasteiger partial charge >= 0.3 is 0 Å². The van der Waals surface area contributed by atoms with E-state index in [2.05, 4.69) is 10.4 Å². The lowest BCUT2D eigenvalue weighted by Gasteiger charge is -2.06. The third-order valence-corrected chi connectivity index (χ3v) is 6.56. The Bertz CT molecular complexity index is 779. The lowest BCUT2D eigenvalue weighted by atomic mass is 10.2. The van der Waals surface area contributed by atoms with Crippen LogP contribution in [0.1, 0.15) is 11.3 Å². The molecule has 0 bridgehead atoms. The molecule has 0 fully saturated rings. The van der Waals surface area contributed by atoms with Crippen LogP contribution < -0.4 is 0 Å². The maximum atomic E-state index is 12.3. The highest BCUT2D eigenvalue weighted by molar-refractivity contribution is 7.83. The first-order chi connectivity index (χ1) is 10.6. The minimum absolute atomic E-state index is 0.337. The molecule has 7 heteroatoms. The van der Waals surface area contributed by atoms with Gasteiger partial charge in [0.15, 0.2) is 0 Å². The molecule has 22 heavy (non-hydrogen) atoms. The number of hydrogen-bond donors (Lipinski definition) is 0. The Morgan fingerprint density at radius 3 is 2.55 bits per heavy atom. The van der Waals surface area contributed by atoms with Crippen molar-refractivity contribution in [3.63, 3.8) is 0 Å². The molecule has 0 aliphatic carbocycles. The van der Waals surface area contributed by atoms with E-state index in [4.69, 9.17) is 23.2 Å². The fourth-order valence-corrected chi connectivity index (χ4v) is 5.48. The van der Waals surface area contributed by atoms with Crippen LogP contribution in [0.5, 0.6) is 0 Å². The predicted molar refractivity (Wildman–Crippen MR) is 97.4 cm³/mol. The molecule has 0 saturated carbocycles. The van der Waals surface area contributed by atoms with Crippen molar-refractivity contribution in [1.82, 2.24) is 4.98 Å². The van der Waals surface area contributed by atoms with Gasteiger partial charge in [-0.25, -0.2) is 4.98 Å². The van der Waals surface area contributed by atoms with Gasteiger partial charge in [-0.05, 0) is 23.6 Å². The van der Waals surface area contributed by atoms with E-state index in [1.54, 1.807) is 40.9 Å². The Kier molecular flexibility index (Phi) is 5.31. The molecule has 2 heterocycles.